The zero-order chi connectivity index (χ0) is 24.8. The number of amides is 1. The Labute approximate surface area is 200 Å². The molecule has 1 aliphatic carbocycles. The minimum atomic E-state index is -4.26. The zero-order valence-electron chi connectivity index (χ0n) is 18.9. The van der Waals surface area contributed by atoms with Crippen LogP contribution < -0.4 is 0 Å². The van der Waals surface area contributed by atoms with Gasteiger partial charge in [-0.05, 0) is 34.7 Å². The molecule has 35 heavy (non-hydrogen) atoms. The highest BCUT2D eigenvalue weighted by Gasteiger charge is 2.62. The second-order valence-corrected chi connectivity index (χ2v) is 8.47. The number of hydrogen-bond acceptors (Lipinski definition) is 5. The average Bonchev–Trinajstić information content (AvgIpc) is 3.40. The third kappa shape index (κ3) is 3.24. The number of carbonyl (C=O) groups excluding carboxylic acids is 2. The number of nitrogens with zero attached hydrogens (tertiary/aromatic N) is 1. The van der Waals surface area contributed by atoms with Crippen molar-refractivity contribution in [2.45, 2.75) is 30.5 Å². The van der Waals surface area contributed by atoms with Crippen LogP contribution in [0.5, 0.6) is 0 Å². The Morgan fingerprint density at radius 1 is 1.06 bits per heavy atom. The summed E-state index contributed by atoms with van der Waals surface area (Å²) in [6.45, 7) is 0.596. The summed E-state index contributed by atoms with van der Waals surface area (Å²) in [4.78, 5) is 26.5. The zero-order valence-corrected chi connectivity index (χ0v) is 18.9. The van der Waals surface area contributed by atoms with Crippen molar-refractivity contribution in [1.29, 1.82) is 0 Å². The Morgan fingerprint density at radius 3 is 2.17 bits per heavy atom. The summed E-state index contributed by atoms with van der Waals surface area (Å²) in [5, 5.41) is 10.9. The summed E-state index contributed by atoms with van der Waals surface area (Å²) < 4.78 is 39.8. The van der Waals surface area contributed by atoms with Gasteiger partial charge in [0.05, 0.1) is 6.61 Å². The van der Waals surface area contributed by atoms with Crippen molar-refractivity contribution >= 4 is 12.1 Å². The summed E-state index contributed by atoms with van der Waals surface area (Å²) in [5.74, 6) is -6.12. The van der Waals surface area contributed by atoms with Crippen LogP contribution in [0.4, 0.5) is 13.6 Å². The van der Waals surface area contributed by atoms with Crippen molar-refractivity contribution in [2.24, 2.45) is 0 Å². The number of cyclic esters (lactones) is 1. The number of aliphatic hydroxyl groups is 1. The average molecular weight is 479 g/mol. The van der Waals surface area contributed by atoms with Crippen molar-refractivity contribution in [3.8, 4) is 11.1 Å². The fourth-order valence-corrected chi connectivity index (χ4v) is 5.24. The van der Waals surface area contributed by atoms with Gasteiger partial charge in [-0.15, -0.1) is 0 Å². The van der Waals surface area contributed by atoms with Crippen LogP contribution >= 0.6 is 0 Å². The molecule has 1 saturated heterocycles. The van der Waals surface area contributed by atoms with E-state index in [1.165, 1.54) is 6.92 Å². The molecule has 3 aromatic carbocycles. The van der Waals surface area contributed by atoms with E-state index >= 15 is 8.78 Å². The smallest absolute Gasteiger partial charge is 0.411 e. The molecule has 0 spiro atoms. The van der Waals surface area contributed by atoms with E-state index in [0.29, 0.717) is 16.7 Å². The molecular weight excluding hydrogens is 456 g/mol. The van der Waals surface area contributed by atoms with Gasteiger partial charge in [-0.3, -0.25) is 4.90 Å². The molecule has 6 nitrogen and oxygen atoms in total. The van der Waals surface area contributed by atoms with E-state index in [9.17, 15) is 14.7 Å². The molecule has 3 aromatic rings. The predicted octanol–water partition coefficient (Wildman–Crippen LogP) is 4.34. The van der Waals surface area contributed by atoms with Crippen LogP contribution in [0.1, 0.15) is 23.6 Å². The lowest BCUT2D eigenvalue weighted by Crippen LogP contribution is -2.60. The van der Waals surface area contributed by atoms with E-state index in [1.54, 1.807) is 24.3 Å². The van der Waals surface area contributed by atoms with E-state index in [1.807, 2.05) is 54.6 Å². The lowest BCUT2D eigenvalue weighted by atomic mass is 9.78. The summed E-state index contributed by atoms with van der Waals surface area (Å²) in [6.07, 6.45) is -3.43. The van der Waals surface area contributed by atoms with E-state index in [-0.39, 0.29) is 6.61 Å². The quantitative estimate of drug-likeness (QED) is 0.533. The number of ether oxygens (including phenoxy) is 2. The van der Waals surface area contributed by atoms with Gasteiger partial charge in [0.2, 0.25) is 0 Å². The third-order valence-corrected chi connectivity index (χ3v) is 6.67. The van der Waals surface area contributed by atoms with Gasteiger partial charge in [0, 0.05) is 0 Å². The van der Waals surface area contributed by atoms with Crippen LogP contribution in [0.15, 0.2) is 78.9 Å². The molecule has 8 heteroatoms. The first-order chi connectivity index (χ1) is 16.8. The van der Waals surface area contributed by atoms with Crippen molar-refractivity contribution in [1.82, 2.24) is 4.90 Å². The van der Waals surface area contributed by atoms with Crippen LogP contribution in [0.2, 0.25) is 0 Å². The highest BCUT2D eigenvalue weighted by Crippen LogP contribution is 2.56. The van der Waals surface area contributed by atoms with Crippen LogP contribution in [0.3, 0.4) is 0 Å². The molecule has 1 N–H and O–H groups in total. The van der Waals surface area contributed by atoms with Gasteiger partial charge in [0.1, 0.15) is 18.2 Å². The number of rotatable bonds is 6. The Bertz CT molecular complexity index is 1230. The number of alkyl halides is 2. The van der Waals surface area contributed by atoms with E-state index < -0.39 is 42.3 Å². The minimum Gasteiger partial charge on any atom is -0.461 e. The van der Waals surface area contributed by atoms with Gasteiger partial charge in [0.25, 0.3) is 0 Å². The molecule has 5 rings (SSSR count). The maximum atomic E-state index is 15.0. The molecule has 0 unspecified atom stereocenters. The summed E-state index contributed by atoms with van der Waals surface area (Å²) in [5.41, 5.74) is 2.28. The first-order valence-corrected chi connectivity index (χ1v) is 11.3. The molecule has 1 amide bonds. The molecule has 0 aromatic heterocycles. The van der Waals surface area contributed by atoms with Crippen molar-refractivity contribution in [3.05, 3.63) is 95.6 Å². The maximum absolute atomic E-state index is 15.0. The van der Waals surface area contributed by atoms with E-state index in [4.69, 9.17) is 4.74 Å². The third-order valence-electron chi connectivity index (χ3n) is 6.67. The second kappa shape index (κ2) is 8.46. The number of halogens is 2. The normalized spacial score (nSPS) is 19.0. The van der Waals surface area contributed by atoms with Gasteiger partial charge >= 0.3 is 18.0 Å². The maximum Gasteiger partial charge on any atom is 0.411 e. The number of aliphatic hydroxyl groups excluding tert-OH is 1. The van der Waals surface area contributed by atoms with Gasteiger partial charge in [-0.1, -0.05) is 78.9 Å². The lowest BCUT2D eigenvalue weighted by molar-refractivity contribution is -0.194. The number of carbonyl (C=O) groups is 2. The van der Waals surface area contributed by atoms with Gasteiger partial charge in [-0.2, -0.15) is 8.78 Å². The molecule has 0 bridgehead atoms. The largest absolute Gasteiger partial charge is 0.461 e. The first kappa shape index (κ1) is 23.0. The highest BCUT2D eigenvalue weighted by molar-refractivity contribution is 5.87. The minimum absolute atomic E-state index is 0.278. The fourth-order valence-electron chi connectivity index (χ4n) is 5.24. The highest BCUT2D eigenvalue weighted by atomic mass is 19.3. The second-order valence-electron chi connectivity index (χ2n) is 8.47. The Morgan fingerprint density at radius 2 is 1.60 bits per heavy atom. The monoisotopic (exact) mass is 479 g/mol. The van der Waals surface area contributed by atoms with Gasteiger partial charge < -0.3 is 14.6 Å². The number of hydrogen-bond donors (Lipinski definition) is 1. The van der Waals surface area contributed by atoms with Crippen LogP contribution in [-0.4, -0.2) is 53.4 Å². The molecule has 180 valence electrons. The van der Waals surface area contributed by atoms with Crippen LogP contribution in [0, 0.1) is 0 Å². The lowest BCUT2D eigenvalue weighted by Gasteiger charge is -2.44. The Hall–Kier alpha value is -3.78. The number of benzene rings is 3. The van der Waals surface area contributed by atoms with Crippen molar-refractivity contribution < 1.29 is 33.0 Å². The summed E-state index contributed by atoms with van der Waals surface area (Å²) in [6, 6.07) is 22.3. The fraction of sp³-hybridized carbons (Fsp3) is 0.259. The molecule has 0 radical (unpaired) electrons. The summed E-state index contributed by atoms with van der Waals surface area (Å²) >= 11 is 0. The number of fused-ring (bicyclic) bond motifs is 3. The van der Waals surface area contributed by atoms with Crippen LogP contribution in [0.25, 0.3) is 11.1 Å². The summed E-state index contributed by atoms with van der Waals surface area (Å²) in [7, 11) is 0. The van der Waals surface area contributed by atoms with Gasteiger partial charge in [0.15, 0.2) is 6.10 Å². The topological polar surface area (TPSA) is 76.1 Å². The van der Waals surface area contributed by atoms with E-state index in [0.717, 1.165) is 16.0 Å². The molecule has 1 fully saturated rings. The molecular formula is C27H23F2NO5. The predicted molar refractivity (Wildman–Crippen MR) is 123 cm³/mol. The first-order valence-electron chi connectivity index (χ1n) is 11.3. The molecule has 0 saturated carbocycles. The SMILES string of the molecule is CCOC(=O)C(F)(F)[C@@H](O)[C@@H]1COC(=O)N1C1(c2ccccc2)c2ccccc2-c2ccccc21. The molecule has 2 aliphatic rings. The van der Waals surface area contributed by atoms with Crippen LogP contribution in [-0.2, 0) is 19.8 Å². The van der Waals surface area contributed by atoms with E-state index in [2.05, 4.69) is 4.74 Å². The Balaban J connectivity index is 1.77. The van der Waals surface area contributed by atoms with Crippen molar-refractivity contribution in [2.75, 3.05) is 13.2 Å². The van der Waals surface area contributed by atoms with Crippen molar-refractivity contribution in [3.63, 3.8) is 0 Å². The molecule has 1 heterocycles. The van der Waals surface area contributed by atoms with Gasteiger partial charge in [-0.25, -0.2) is 9.59 Å². The molecule has 2 atom stereocenters. The number of esters is 1. The molecule has 1 aliphatic heterocycles. The Kier molecular flexibility index (Phi) is 5.56. The standard InChI is InChI=1S/C27H23F2NO5/c1-2-34-24(32)27(28,29)23(31)22-16-35-25(33)30(22)26(17-10-4-3-5-11-17)20-14-8-6-12-18(20)19-13-7-9-15-21(19)26/h3-15,22-23,31H,2,16H2,1H3/t22-,23-/m0/s1.